The van der Waals surface area contributed by atoms with E-state index in [2.05, 4.69) is 63.7 Å². The summed E-state index contributed by atoms with van der Waals surface area (Å²) in [6.07, 6.45) is 0. The lowest BCUT2D eigenvalue weighted by Crippen LogP contribution is -2.02. The highest BCUT2D eigenvalue weighted by Crippen LogP contribution is 2.42. The third-order valence-electron chi connectivity index (χ3n) is 1.66. The van der Waals surface area contributed by atoms with E-state index in [4.69, 9.17) is 23.2 Å². The second-order valence-corrected chi connectivity index (χ2v) is 6.41. The van der Waals surface area contributed by atoms with E-state index in [0.29, 0.717) is 13.4 Å². The maximum Gasteiger partial charge on any atom is 0.254 e. The summed E-state index contributed by atoms with van der Waals surface area (Å²) in [6, 6.07) is 0. The number of hydrogen-bond donors (Lipinski definition) is 0. The molecule has 0 aliphatic heterocycles. The normalized spacial score (nSPS) is 10.4. The van der Waals surface area contributed by atoms with Gasteiger partial charge in [-0.25, -0.2) is 0 Å². The van der Waals surface area contributed by atoms with Gasteiger partial charge in [0.25, 0.3) is 10.5 Å². The molecule has 0 saturated heterocycles. The third kappa shape index (κ3) is 2.72. The van der Waals surface area contributed by atoms with E-state index < -0.39 is 10.5 Å². The molecule has 16 heavy (non-hydrogen) atoms. The Kier molecular flexibility index (Phi) is 5.48. The Morgan fingerprint density at radius 3 is 1.25 bits per heavy atom. The Balaban J connectivity index is 3.80. The fourth-order valence-corrected chi connectivity index (χ4v) is 4.92. The molecular formula is C8Br4Cl2O2. The maximum absolute atomic E-state index is 11.2. The number of benzene rings is 1. The highest BCUT2D eigenvalue weighted by molar-refractivity contribution is 9.14. The highest BCUT2D eigenvalue weighted by atomic mass is 79.9. The van der Waals surface area contributed by atoms with Crippen LogP contribution in [0.15, 0.2) is 17.9 Å². The summed E-state index contributed by atoms with van der Waals surface area (Å²) in [6.45, 7) is 0. The van der Waals surface area contributed by atoms with E-state index in [-0.39, 0.29) is 15.6 Å². The van der Waals surface area contributed by atoms with Crippen LogP contribution in [0.4, 0.5) is 0 Å². The van der Waals surface area contributed by atoms with Crippen molar-refractivity contribution >= 4 is 97.4 Å². The minimum absolute atomic E-state index is 0.140. The first-order valence-electron chi connectivity index (χ1n) is 3.54. The predicted molar refractivity (Wildman–Crippen MR) is 77.6 cm³/mol. The summed E-state index contributed by atoms with van der Waals surface area (Å²) in [5.41, 5.74) is 0.279. The van der Waals surface area contributed by atoms with Crippen molar-refractivity contribution in [3.8, 4) is 0 Å². The molecule has 1 rings (SSSR count). The van der Waals surface area contributed by atoms with Gasteiger partial charge in [0.05, 0.1) is 11.1 Å². The van der Waals surface area contributed by atoms with E-state index in [1.807, 2.05) is 0 Å². The van der Waals surface area contributed by atoms with E-state index in [0.717, 1.165) is 0 Å². The monoisotopic (exact) mass is 514 g/mol. The Labute approximate surface area is 135 Å². The molecule has 0 unspecified atom stereocenters. The van der Waals surface area contributed by atoms with E-state index in [9.17, 15) is 9.59 Å². The van der Waals surface area contributed by atoms with Gasteiger partial charge in [0.15, 0.2) is 0 Å². The van der Waals surface area contributed by atoms with Crippen molar-refractivity contribution in [2.75, 3.05) is 0 Å². The molecular weight excluding hydrogens is 519 g/mol. The smallest absolute Gasteiger partial charge is 0.254 e. The topological polar surface area (TPSA) is 34.1 Å². The summed E-state index contributed by atoms with van der Waals surface area (Å²) in [5.74, 6) is 0. The molecule has 0 atom stereocenters. The summed E-state index contributed by atoms with van der Waals surface area (Å²) in [7, 11) is 0. The molecule has 0 bridgehead atoms. The van der Waals surface area contributed by atoms with Gasteiger partial charge in [-0.3, -0.25) is 9.59 Å². The van der Waals surface area contributed by atoms with E-state index in [1.165, 1.54) is 0 Å². The molecule has 86 valence electrons. The molecule has 0 aliphatic carbocycles. The Hall–Kier alpha value is 1.06. The van der Waals surface area contributed by atoms with Gasteiger partial charge in [0.1, 0.15) is 0 Å². The number of hydrogen-bond acceptors (Lipinski definition) is 2. The van der Waals surface area contributed by atoms with Crippen molar-refractivity contribution in [2.24, 2.45) is 0 Å². The van der Waals surface area contributed by atoms with Crippen LogP contribution >= 0.6 is 86.9 Å². The van der Waals surface area contributed by atoms with Crippen molar-refractivity contribution in [1.82, 2.24) is 0 Å². The van der Waals surface area contributed by atoms with Gasteiger partial charge in [-0.2, -0.15) is 0 Å². The van der Waals surface area contributed by atoms with Gasteiger partial charge in [0.2, 0.25) is 0 Å². The number of rotatable bonds is 2. The van der Waals surface area contributed by atoms with E-state index >= 15 is 0 Å². The minimum Gasteiger partial charge on any atom is -0.276 e. The molecule has 0 amide bonds. The molecule has 0 saturated carbocycles. The maximum atomic E-state index is 11.2. The molecule has 0 N–H and O–H groups in total. The molecule has 0 heterocycles. The van der Waals surface area contributed by atoms with Crippen LogP contribution in [0.25, 0.3) is 0 Å². The highest BCUT2D eigenvalue weighted by Gasteiger charge is 2.25. The molecule has 2 nitrogen and oxygen atoms in total. The van der Waals surface area contributed by atoms with Gasteiger partial charge >= 0.3 is 0 Å². The fourth-order valence-electron chi connectivity index (χ4n) is 0.979. The molecule has 0 aromatic heterocycles. The van der Waals surface area contributed by atoms with Crippen LogP contribution in [-0.4, -0.2) is 10.5 Å². The fraction of sp³-hybridized carbons (Fsp3) is 0. The van der Waals surface area contributed by atoms with Gasteiger partial charge in [-0.05, 0) is 86.9 Å². The lowest BCUT2D eigenvalue weighted by Gasteiger charge is -2.11. The Bertz CT molecular complexity index is 460. The summed E-state index contributed by atoms with van der Waals surface area (Å²) in [4.78, 5) is 22.5. The van der Waals surface area contributed by atoms with Crippen LogP contribution in [0, 0.1) is 0 Å². The molecule has 0 radical (unpaired) electrons. The number of halogens is 6. The van der Waals surface area contributed by atoms with Crippen LogP contribution in [0.1, 0.15) is 20.7 Å². The van der Waals surface area contributed by atoms with Gasteiger partial charge in [-0.1, -0.05) is 0 Å². The molecule has 0 spiro atoms. The first-order valence-corrected chi connectivity index (χ1v) is 7.47. The summed E-state index contributed by atoms with van der Waals surface area (Å²) < 4.78 is 1.61. The van der Waals surface area contributed by atoms with Crippen LogP contribution in [0.5, 0.6) is 0 Å². The first-order chi connectivity index (χ1) is 7.29. The zero-order valence-corrected chi connectivity index (χ0v) is 14.9. The second kappa shape index (κ2) is 5.80. The first kappa shape index (κ1) is 15.1. The Morgan fingerprint density at radius 1 is 0.688 bits per heavy atom. The van der Waals surface area contributed by atoms with Crippen LogP contribution < -0.4 is 0 Å². The van der Waals surface area contributed by atoms with Crippen molar-refractivity contribution in [2.45, 2.75) is 0 Å². The van der Waals surface area contributed by atoms with E-state index in [1.54, 1.807) is 0 Å². The molecule has 1 aromatic rings. The number of carbonyl (C=O) groups is 2. The molecule has 8 heteroatoms. The second-order valence-electron chi connectivity index (χ2n) is 2.55. The predicted octanol–water partition coefficient (Wildman–Crippen LogP) is 5.49. The molecule has 1 aromatic carbocycles. The molecule has 0 aliphatic rings. The lowest BCUT2D eigenvalue weighted by atomic mass is 10.1. The van der Waals surface area contributed by atoms with Crippen molar-refractivity contribution < 1.29 is 9.59 Å². The molecule has 0 fully saturated rings. The quantitative estimate of drug-likeness (QED) is 0.295. The van der Waals surface area contributed by atoms with Gasteiger partial charge in [0, 0.05) is 17.9 Å². The van der Waals surface area contributed by atoms with Crippen LogP contribution in [0.2, 0.25) is 0 Å². The largest absolute Gasteiger partial charge is 0.276 e. The third-order valence-corrected chi connectivity index (χ3v) is 6.27. The van der Waals surface area contributed by atoms with Crippen molar-refractivity contribution in [3.05, 3.63) is 29.0 Å². The van der Waals surface area contributed by atoms with Gasteiger partial charge < -0.3 is 0 Å². The SMILES string of the molecule is O=C(Cl)c1c(Br)c(Br)c(Br)c(C(=O)Cl)c1Br. The zero-order valence-electron chi connectivity index (χ0n) is 7.08. The standard InChI is InChI=1S/C8Br4Cl2O2/c9-3-1(7(13)15)4(10)6(12)5(11)2(3)8(14)16. The van der Waals surface area contributed by atoms with Crippen LogP contribution in [-0.2, 0) is 0 Å². The van der Waals surface area contributed by atoms with Crippen molar-refractivity contribution in [3.63, 3.8) is 0 Å². The Morgan fingerprint density at radius 2 is 1.00 bits per heavy atom. The average molecular weight is 519 g/mol. The summed E-state index contributed by atoms with van der Waals surface area (Å²) in [5, 5.41) is -1.41. The van der Waals surface area contributed by atoms with Crippen molar-refractivity contribution in [1.29, 1.82) is 0 Å². The number of carbonyl (C=O) groups excluding carboxylic acids is 2. The summed E-state index contributed by atoms with van der Waals surface area (Å²) >= 11 is 23.6. The average Bonchev–Trinajstić information content (AvgIpc) is 2.13. The van der Waals surface area contributed by atoms with Crippen LogP contribution in [0.3, 0.4) is 0 Å². The minimum atomic E-state index is -0.703. The lowest BCUT2D eigenvalue weighted by molar-refractivity contribution is 0.107. The zero-order chi connectivity index (χ0) is 12.6. The van der Waals surface area contributed by atoms with Gasteiger partial charge in [-0.15, -0.1) is 0 Å².